The van der Waals surface area contributed by atoms with Crippen molar-refractivity contribution in [2.75, 3.05) is 11.6 Å². The van der Waals surface area contributed by atoms with Crippen LogP contribution in [0, 0.1) is 5.92 Å². The molecule has 0 N–H and O–H groups in total. The zero-order valence-corrected chi connectivity index (χ0v) is 16.6. The van der Waals surface area contributed by atoms with Gasteiger partial charge in [0.2, 0.25) is 5.13 Å². The largest absolute Gasteiger partial charge is 0.296 e. The molecule has 0 spiro atoms. The minimum absolute atomic E-state index is 0.0639. The summed E-state index contributed by atoms with van der Waals surface area (Å²) in [4.78, 5) is 22.1. The van der Waals surface area contributed by atoms with Crippen LogP contribution >= 0.6 is 11.3 Å². The van der Waals surface area contributed by atoms with Crippen LogP contribution in [0.2, 0.25) is 0 Å². The fraction of sp³-hybridized carbons (Fsp3) is 0.273. The summed E-state index contributed by atoms with van der Waals surface area (Å²) in [5.74, 6) is -0.450. The molecule has 1 amide bonds. The maximum atomic E-state index is 13.0. The van der Waals surface area contributed by atoms with Gasteiger partial charge in [-0.1, -0.05) is 67.1 Å². The van der Waals surface area contributed by atoms with E-state index in [1.807, 2.05) is 42.5 Å². The van der Waals surface area contributed by atoms with Gasteiger partial charge in [0, 0.05) is 12.8 Å². The monoisotopic (exact) mass is 390 g/mol. The number of nitrogens with zero attached hydrogens (tertiary/aromatic N) is 4. The topological polar surface area (TPSA) is 57.9 Å². The Balaban J connectivity index is 1.50. The summed E-state index contributed by atoms with van der Waals surface area (Å²) in [5, 5.41) is 6.69. The van der Waals surface area contributed by atoms with Gasteiger partial charge in [-0.3, -0.25) is 9.79 Å². The second-order valence-electron chi connectivity index (χ2n) is 6.72. The van der Waals surface area contributed by atoms with Gasteiger partial charge in [0.05, 0.1) is 15.9 Å². The highest BCUT2D eigenvalue weighted by atomic mass is 32.1. The number of anilines is 1. The average Bonchev–Trinajstić information content (AvgIpc) is 3.28. The molecule has 28 heavy (non-hydrogen) atoms. The van der Waals surface area contributed by atoms with Crippen LogP contribution in [-0.2, 0) is 11.2 Å². The molecule has 0 fully saturated rings. The SMILES string of the molecule is CCCC1=NN(c2nc3ccccc3s2)C(=O)[C@H]1C=NCCc1ccccc1. The smallest absolute Gasteiger partial charge is 0.263 e. The third-order valence-electron chi connectivity index (χ3n) is 4.66. The van der Waals surface area contributed by atoms with Crippen LogP contribution in [0.25, 0.3) is 10.2 Å². The third kappa shape index (κ3) is 3.87. The highest BCUT2D eigenvalue weighted by Gasteiger charge is 2.36. The molecular formula is C22H22N4OS. The van der Waals surface area contributed by atoms with Crippen molar-refractivity contribution in [2.45, 2.75) is 26.2 Å². The van der Waals surface area contributed by atoms with Crippen LogP contribution < -0.4 is 5.01 Å². The number of hydrogen-bond donors (Lipinski definition) is 0. The van der Waals surface area contributed by atoms with Gasteiger partial charge in [0.1, 0.15) is 5.92 Å². The summed E-state index contributed by atoms with van der Waals surface area (Å²) in [6.07, 6.45) is 4.35. The Labute approximate surface area is 168 Å². The molecular weight excluding hydrogens is 368 g/mol. The van der Waals surface area contributed by atoms with Gasteiger partial charge in [-0.05, 0) is 30.5 Å². The number of para-hydroxylation sites is 1. The fourth-order valence-corrected chi connectivity index (χ4v) is 4.15. The Hall–Kier alpha value is -2.86. The maximum Gasteiger partial charge on any atom is 0.263 e. The molecule has 4 rings (SSSR count). The standard InChI is InChI=1S/C22H22N4OS/c1-2-8-18-17(15-23-14-13-16-9-4-3-5-10-16)21(27)26(25-18)22-24-19-11-6-7-12-20(19)28-22/h3-7,9-12,15,17H,2,8,13-14H2,1H3/t17-/m0/s1. The first kappa shape index (κ1) is 18.5. The van der Waals surface area contributed by atoms with Crippen LogP contribution in [0.1, 0.15) is 25.3 Å². The number of carbonyl (C=O) groups is 1. The highest BCUT2D eigenvalue weighted by molar-refractivity contribution is 7.22. The van der Waals surface area contributed by atoms with Crippen molar-refractivity contribution in [1.82, 2.24) is 4.98 Å². The lowest BCUT2D eigenvalue weighted by Crippen LogP contribution is -2.28. The number of aliphatic imine (C=N–C) groups is 1. The van der Waals surface area contributed by atoms with Crippen molar-refractivity contribution in [2.24, 2.45) is 16.0 Å². The number of rotatable bonds is 7. The van der Waals surface area contributed by atoms with E-state index in [0.717, 1.165) is 35.2 Å². The zero-order chi connectivity index (χ0) is 19.3. The summed E-state index contributed by atoms with van der Waals surface area (Å²) < 4.78 is 1.05. The predicted octanol–water partition coefficient (Wildman–Crippen LogP) is 4.73. The Morgan fingerprint density at radius 2 is 1.89 bits per heavy atom. The minimum atomic E-state index is -0.386. The lowest BCUT2D eigenvalue weighted by Gasteiger charge is -2.08. The van der Waals surface area contributed by atoms with E-state index in [4.69, 9.17) is 0 Å². The lowest BCUT2D eigenvalue weighted by atomic mass is 10.0. The molecule has 5 nitrogen and oxygen atoms in total. The van der Waals surface area contributed by atoms with E-state index in [9.17, 15) is 4.79 Å². The Morgan fingerprint density at radius 1 is 1.11 bits per heavy atom. The molecule has 0 unspecified atom stereocenters. The quantitative estimate of drug-likeness (QED) is 0.548. The first-order valence-electron chi connectivity index (χ1n) is 9.57. The molecule has 0 saturated heterocycles. The number of amides is 1. The van der Waals surface area contributed by atoms with Crippen molar-refractivity contribution in [3.05, 3.63) is 60.2 Å². The molecule has 1 aliphatic rings. The molecule has 2 aromatic carbocycles. The Morgan fingerprint density at radius 3 is 2.68 bits per heavy atom. The van der Waals surface area contributed by atoms with Crippen LogP contribution in [0.15, 0.2) is 64.7 Å². The third-order valence-corrected chi connectivity index (χ3v) is 5.67. The van der Waals surface area contributed by atoms with Crippen molar-refractivity contribution in [3.8, 4) is 0 Å². The van der Waals surface area contributed by atoms with E-state index in [-0.39, 0.29) is 11.8 Å². The second-order valence-corrected chi connectivity index (χ2v) is 7.73. The van der Waals surface area contributed by atoms with Crippen molar-refractivity contribution in [3.63, 3.8) is 0 Å². The van der Waals surface area contributed by atoms with Crippen LogP contribution in [0.3, 0.4) is 0 Å². The number of benzene rings is 2. The highest BCUT2D eigenvalue weighted by Crippen LogP contribution is 2.32. The van der Waals surface area contributed by atoms with E-state index in [1.54, 1.807) is 6.21 Å². The molecule has 0 radical (unpaired) electrons. The van der Waals surface area contributed by atoms with E-state index < -0.39 is 0 Å². The maximum absolute atomic E-state index is 13.0. The summed E-state index contributed by atoms with van der Waals surface area (Å²) in [6.45, 7) is 2.76. The number of carbonyl (C=O) groups excluding carboxylic acids is 1. The number of hydrazone groups is 1. The molecule has 1 atom stereocenters. The normalized spacial score (nSPS) is 17.0. The number of aromatic nitrogens is 1. The summed E-state index contributed by atoms with van der Waals surface area (Å²) >= 11 is 1.49. The molecule has 0 saturated carbocycles. The number of hydrogen-bond acceptors (Lipinski definition) is 5. The first-order valence-corrected chi connectivity index (χ1v) is 10.4. The molecule has 2 heterocycles. The van der Waals surface area contributed by atoms with Crippen LogP contribution in [0.5, 0.6) is 0 Å². The zero-order valence-electron chi connectivity index (χ0n) is 15.8. The Bertz CT molecular complexity index is 992. The fourth-order valence-electron chi connectivity index (χ4n) is 3.23. The van der Waals surface area contributed by atoms with Gasteiger partial charge in [-0.2, -0.15) is 10.1 Å². The Kier molecular flexibility index (Phi) is 5.58. The summed E-state index contributed by atoms with van der Waals surface area (Å²) in [5.41, 5.74) is 3.01. The van der Waals surface area contributed by atoms with E-state index >= 15 is 0 Å². The van der Waals surface area contributed by atoms with Gasteiger partial charge in [0.25, 0.3) is 5.91 Å². The minimum Gasteiger partial charge on any atom is -0.296 e. The van der Waals surface area contributed by atoms with E-state index in [2.05, 4.69) is 34.1 Å². The average molecular weight is 391 g/mol. The van der Waals surface area contributed by atoms with Gasteiger partial charge in [0.15, 0.2) is 0 Å². The van der Waals surface area contributed by atoms with Gasteiger partial charge >= 0.3 is 0 Å². The van der Waals surface area contributed by atoms with Gasteiger partial charge in [-0.15, -0.1) is 0 Å². The molecule has 0 bridgehead atoms. The lowest BCUT2D eigenvalue weighted by molar-refractivity contribution is -0.118. The van der Waals surface area contributed by atoms with Gasteiger partial charge in [-0.25, -0.2) is 4.98 Å². The molecule has 0 aliphatic carbocycles. The molecule has 6 heteroatoms. The molecule has 142 valence electrons. The first-order chi connectivity index (χ1) is 13.8. The van der Waals surface area contributed by atoms with Crippen molar-refractivity contribution in [1.29, 1.82) is 0 Å². The van der Waals surface area contributed by atoms with Crippen molar-refractivity contribution >= 4 is 44.5 Å². The second kappa shape index (κ2) is 8.44. The molecule has 1 aromatic heterocycles. The van der Waals surface area contributed by atoms with E-state index in [0.29, 0.717) is 11.7 Å². The summed E-state index contributed by atoms with van der Waals surface area (Å²) in [7, 11) is 0. The molecule has 1 aliphatic heterocycles. The predicted molar refractivity (Wildman–Crippen MR) is 116 cm³/mol. The summed E-state index contributed by atoms with van der Waals surface area (Å²) in [6, 6.07) is 18.1. The number of thiazole rings is 1. The van der Waals surface area contributed by atoms with Crippen LogP contribution in [0.4, 0.5) is 5.13 Å². The van der Waals surface area contributed by atoms with Gasteiger partial charge < -0.3 is 0 Å². The number of fused-ring (bicyclic) bond motifs is 1. The van der Waals surface area contributed by atoms with Crippen LogP contribution in [-0.4, -0.2) is 29.4 Å². The van der Waals surface area contributed by atoms with E-state index in [1.165, 1.54) is 21.9 Å². The molecule has 3 aromatic rings. The van der Waals surface area contributed by atoms with Crippen molar-refractivity contribution < 1.29 is 4.79 Å².